The van der Waals surface area contributed by atoms with Crippen molar-refractivity contribution in [3.63, 3.8) is 0 Å². The number of rotatable bonds is 10. The van der Waals surface area contributed by atoms with Crippen LogP contribution in [0.2, 0.25) is 0 Å². The summed E-state index contributed by atoms with van der Waals surface area (Å²) in [6.07, 6.45) is 0.474. The Morgan fingerprint density at radius 2 is 2.12 bits per heavy atom. The molecule has 0 bridgehead atoms. The summed E-state index contributed by atoms with van der Waals surface area (Å²) in [4.78, 5) is 4.11. The molecule has 9 heteroatoms. The average molecular weight is 389 g/mol. The molecule has 0 spiro atoms. The lowest BCUT2D eigenvalue weighted by Crippen LogP contribution is -2.42. The quantitative estimate of drug-likeness (QED) is 0.360. The van der Waals surface area contributed by atoms with Crippen LogP contribution < -0.4 is 15.4 Å². The highest BCUT2D eigenvalue weighted by Gasteiger charge is 2.14. The lowest BCUT2D eigenvalue weighted by atomic mass is 10.3. The maximum Gasteiger partial charge on any atom is 0.213 e. The van der Waals surface area contributed by atoms with E-state index in [0.717, 1.165) is 0 Å². The Bertz CT molecular complexity index is 682. The fourth-order valence-corrected chi connectivity index (χ4v) is 2.99. The van der Waals surface area contributed by atoms with Crippen molar-refractivity contribution in [2.24, 2.45) is 4.99 Å². The van der Waals surface area contributed by atoms with Gasteiger partial charge in [-0.05, 0) is 32.4 Å². The van der Waals surface area contributed by atoms with Crippen molar-refractivity contribution in [3.8, 4) is 5.75 Å². The Morgan fingerprint density at radius 3 is 2.73 bits per heavy atom. The first kappa shape index (κ1) is 22.2. The summed E-state index contributed by atoms with van der Waals surface area (Å²) in [7, 11) is 0.0922. The molecule has 1 atom stereocenters. The molecule has 1 aromatic rings. The molecule has 0 aliphatic carbocycles. The molecule has 0 aliphatic heterocycles. The summed E-state index contributed by atoms with van der Waals surface area (Å²) >= 11 is 0. The maximum absolute atomic E-state index is 13.1. The molecule has 0 fully saturated rings. The molecule has 1 unspecified atom stereocenters. The van der Waals surface area contributed by atoms with Crippen molar-refractivity contribution in [2.75, 3.05) is 39.5 Å². The zero-order chi connectivity index (χ0) is 19.6. The van der Waals surface area contributed by atoms with Crippen molar-refractivity contribution in [3.05, 3.63) is 30.1 Å². The van der Waals surface area contributed by atoms with E-state index in [1.807, 2.05) is 6.92 Å². The van der Waals surface area contributed by atoms with Crippen LogP contribution in [0.15, 0.2) is 29.3 Å². The predicted octanol–water partition coefficient (Wildman–Crippen LogP) is 1.43. The second kappa shape index (κ2) is 11.0. The van der Waals surface area contributed by atoms with Crippen LogP contribution in [0.1, 0.15) is 20.3 Å². The summed E-state index contributed by atoms with van der Waals surface area (Å²) in [5, 5.41) is 6.25. The fourth-order valence-electron chi connectivity index (χ4n) is 2.14. The molecular weight excluding hydrogens is 359 g/mol. The van der Waals surface area contributed by atoms with Crippen LogP contribution in [0.25, 0.3) is 0 Å². The van der Waals surface area contributed by atoms with Crippen LogP contribution in [-0.4, -0.2) is 64.3 Å². The Kier molecular flexibility index (Phi) is 9.36. The van der Waals surface area contributed by atoms with E-state index in [1.165, 1.54) is 16.4 Å². The molecule has 0 saturated heterocycles. The first-order valence-corrected chi connectivity index (χ1v) is 10.2. The SMILES string of the molecule is CCS(=O)(=O)N(C)CCCNC(=NC)NCC(C)Oc1cccc(F)c1. The topological polar surface area (TPSA) is 83.0 Å². The molecule has 0 heterocycles. The van der Waals surface area contributed by atoms with Gasteiger partial charge in [0, 0.05) is 33.3 Å². The molecule has 2 N–H and O–H groups in total. The largest absolute Gasteiger partial charge is 0.489 e. The molecule has 7 nitrogen and oxygen atoms in total. The number of halogens is 1. The summed E-state index contributed by atoms with van der Waals surface area (Å²) in [5.74, 6) is 0.835. The highest BCUT2D eigenvalue weighted by molar-refractivity contribution is 7.89. The van der Waals surface area contributed by atoms with E-state index < -0.39 is 10.0 Å². The molecule has 1 rings (SSSR count). The van der Waals surface area contributed by atoms with Crippen LogP contribution in [-0.2, 0) is 10.0 Å². The summed E-state index contributed by atoms with van der Waals surface area (Å²) in [6, 6.07) is 6.00. The molecule has 0 aromatic heterocycles. The van der Waals surface area contributed by atoms with Gasteiger partial charge in [-0.25, -0.2) is 17.1 Å². The minimum absolute atomic E-state index is 0.101. The van der Waals surface area contributed by atoms with Crippen LogP contribution in [0.3, 0.4) is 0 Å². The van der Waals surface area contributed by atoms with E-state index in [9.17, 15) is 12.8 Å². The van der Waals surface area contributed by atoms with Gasteiger partial charge in [0.05, 0.1) is 12.3 Å². The number of nitrogens with zero attached hydrogens (tertiary/aromatic N) is 2. The minimum atomic E-state index is -3.14. The van der Waals surface area contributed by atoms with Crippen molar-refractivity contribution < 1.29 is 17.5 Å². The molecule has 0 aliphatic rings. The number of nitrogens with one attached hydrogen (secondary N) is 2. The van der Waals surface area contributed by atoms with Gasteiger partial charge in [0.2, 0.25) is 10.0 Å². The number of hydrogen-bond donors (Lipinski definition) is 2. The third-order valence-electron chi connectivity index (χ3n) is 3.70. The van der Waals surface area contributed by atoms with E-state index in [-0.39, 0.29) is 17.7 Å². The fraction of sp³-hybridized carbons (Fsp3) is 0.588. The number of ether oxygens (including phenoxy) is 1. The molecule has 1 aromatic carbocycles. The Hall–Kier alpha value is -1.87. The highest BCUT2D eigenvalue weighted by atomic mass is 32.2. The van der Waals surface area contributed by atoms with Gasteiger partial charge in [-0.3, -0.25) is 4.99 Å². The van der Waals surface area contributed by atoms with Gasteiger partial charge in [0.15, 0.2) is 5.96 Å². The molecule has 148 valence electrons. The molecule has 0 saturated carbocycles. The van der Waals surface area contributed by atoms with Gasteiger partial charge in [0.25, 0.3) is 0 Å². The zero-order valence-corrected chi connectivity index (χ0v) is 16.6. The third kappa shape index (κ3) is 8.01. The van der Waals surface area contributed by atoms with Crippen molar-refractivity contribution in [1.82, 2.24) is 14.9 Å². The van der Waals surface area contributed by atoms with Gasteiger partial charge >= 0.3 is 0 Å². The monoisotopic (exact) mass is 388 g/mol. The average Bonchev–Trinajstić information content (AvgIpc) is 2.60. The summed E-state index contributed by atoms with van der Waals surface area (Å²) in [6.45, 7) is 5.01. The summed E-state index contributed by atoms with van der Waals surface area (Å²) in [5.41, 5.74) is 0. The molecule has 26 heavy (non-hydrogen) atoms. The Morgan fingerprint density at radius 1 is 1.38 bits per heavy atom. The van der Waals surface area contributed by atoms with Gasteiger partial charge in [-0.1, -0.05) is 6.07 Å². The number of benzene rings is 1. The highest BCUT2D eigenvalue weighted by Crippen LogP contribution is 2.13. The molecular formula is C17H29FN4O3S. The number of hydrogen-bond acceptors (Lipinski definition) is 4. The Balaban J connectivity index is 2.30. The number of guanidine groups is 1. The van der Waals surface area contributed by atoms with Crippen LogP contribution in [0.5, 0.6) is 5.75 Å². The normalized spacial score (nSPS) is 13.5. The lowest BCUT2D eigenvalue weighted by molar-refractivity contribution is 0.223. The number of sulfonamides is 1. The van der Waals surface area contributed by atoms with E-state index in [2.05, 4.69) is 15.6 Å². The first-order valence-electron chi connectivity index (χ1n) is 8.59. The van der Waals surface area contributed by atoms with E-state index in [1.54, 1.807) is 33.2 Å². The second-order valence-corrected chi connectivity index (χ2v) is 8.21. The van der Waals surface area contributed by atoms with Crippen LogP contribution >= 0.6 is 0 Å². The van der Waals surface area contributed by atoms with E-state index >= 15 is 0 Å². The van der Waals surface area contributed by atoms with Crippen LogP contribution in [0.4, 0.5) is 4.39 Å². The zero-order valence-electron chi connectivity index (χ0n) is 15.8. The minimum Gasteiger partial charge on any atom is -0.489 e. The third-order valence-corrected chi connectivity index (χ3v) is 5.56. The lowest BCUT2D eigenvalue weighted by Gasteiger charge is -2.19. The maximum atomic E-state index is 13.1. The van der Waals surface area contributed by atoms with Crippen molar-refractivity contribution in [1.29, 1.82) is 0 Å². The van der Waals surface area contributed by atoms with E-state index in [0.29, 0.717) is 37.8 Å². The van der Waals surface area contributed by atoms with Crippen molar-refractivity contribution >= 4 is 16.0 Å². The molecule has 0 radical (unpaired) electrons. The van der Waals surface area contributed by atoms with Crippen LogP contribution in [0, 0.1) is 5.82 Å². The van der Waals surface area contributed by atoms with Gasteiger partial charge in [-0.2, -0.15) is 0 Å². The Labute approximate surface area is 155 Å². The second-order valence-electron chi connectivity index (χ2n) is 5.84. The number of aliphatic imine (C=N–C) groups is 1. The smallest absolute Gasteiger partial charge is 0.213 e. The van der Waals surface area contributed by atoms with Gasteiger partial charge < -0.3 is 15.4 Å². The van der Waals surface area contributed by atoms with Gasteiger partial charge in [-0.15, -0.1) is 0 Å². The van der Waals surface area contributed by atoms with E-state index in [4.69, 9.17) is 4.74 Å². The van der Waals surface area contributed by atoms with Crippen molar-refractivity contribution in [2.45, 2.75) is 26.4 Å². The van der Waals surface area contributed by atoms with Gasteiger partial charge in [0.1, 0.15) is 17.7 Å². The predicted molar refractivity (Wildman–Crippen MR) is 103 cm³/mol. The summed E-state index contributed by atoms with van der Waals surface area (Å²) < 4.78 is 43.5. The first-order chi connectivity index (χ1) is 12.3. The molecule has 0 amide bonds. The standard InChI is InChI=1S/C17H29FN4O3S/c1-5-26(23,24)22(4)11-7-10-20-17(19-3)21-13-14(2)25-16-9-6-8-15(18)12-16/h6,8-9,12,14H,5,7,10-11,13H2,1-4H3,(H2,19,20,21).